The summed E-state index contributed by atoms with van der Waals surface area (Å²) in [6, 6.07) is 7.37. The van der Waals surface area contributed by atoms with Gasteiger partial charge in [0.2, 0.25) is 0 Å². The molecule has 5 aliphatic rings. The van der Waals surface area contributed by atoms with Gasteiger partial charge in [-0.3, -0.25) is 9.59 Å². The van der Waals surface area contributed by atoms with Crippen molar-refractivity contribution in [2.45, 2.75) is 63.6 Å². The number of methoxy groups -OCH3 is 1. The molecule has 6 rings (SSSR count). The van der Waals surface area contributed by atoms with Gasteiger partial charge in [0.1, 0.15) is 12.4 Å². The molecule has 1 heterocycles. The molecule has 192 valence electrons. The first-order valence-electron chi connectivity index (χ1n) is 12.9. The Morgan fingerprint density at radius 3 is 2.67 bits per heavy atom. The number of rotatable bonds is 4. The normalized spacial score (nSPS) is 44.8. The van der Waals surface area contributed by atoms with Gasteiger partial charge in [0.15, 0.2) is 23.5 Å². The Kier molecular flexibility index (Phi) is 5.40. The summed E-state index contributed by atoms with van der Waals surface area (Å²) in [7, 11) is 1.60. The minimum Gasteiger partial charge on any atom is -0.497 e. The van der Waals surface area contributed by atoms with Gasteiger partial charge in [0.25, 0.3) is 0 Å². The molecule has 0 unspecified atom stereocenters. The number of carbonyl (C=O) groups excluding carboxylic acids is 2. The first-order valence-corrected chi connectivity index (χ1v) is 12.9. The number of ether oxygens (including phenoxy) is 3. The third-order valence-corrected chi connectivity index (χ3v) is 10.2. The van der Waals surface area contributed by atoms with E-state index in [1.54, 1.807) is 19.3 Å². The summed E-state index contributed by atoms with van der Waals surface area (Å²) >= 11 is 0. The zero-order chi connectivity index (χ0) is 25.5. The highest BCUT2D eigenvalue weighted by Gasteiger charge is 2.75. The highest BCUT2D eigenvalue weighted by molar-refractivity contribution is 6.01. The van der Waals surface area contributed by atoms with Crippen molar-refractivity contribution in [1.82, 2.24) is 0 Å². The SMILES string of the molecule is COc1ccc([C@@H]2O[C@@H]3C[C@H]4[C@@H]5CCC6=CC(=O)C=C[C@]6(C)[C@H]5[C@@H](O)C[C@]4(C)[C@]3(C(=O)CO)O2)cc1. The third-order valence-electron chi connectivity index (χ3n) is 10.2. The number of aliphatic hydroxyl groups is 2. The fraction of sp³-hybridized carbons (Fsp3) is 0.586. The van der Waals surface area contributed by atoms with Crippen LogP contribution in [0.2, 0.25) is 0 Å². The summed E-state index contributed by atoms with van der Waals surface area (Å²) in [6.07, 6.45) is 6.01. The van der Waals surface area contributed by atoms with Gasteiger partial charge >= 0.3 is 0 Å². The average Bonchev–Trinajstić information content (AvgIpc) is 3.37. The lowest BCUT2D eigenvalue weighted by Crippen LogP contribution is -2.63. The van der Waals surface area contributed by atoms with Gasteiger partial charge in [-0.1, -0.05) is 37.6 Å². The highest BCUT2D eigenvalue weighted by Crippen LogP contribution is 2.70. The lowest BCUT2D eigenvalue weighted by atomic mass is 9.46. The maximum atomic E-state index is 13.5. The molecule has 1 aromatic rings. The van der Waals surface area contributed by atoms with E-state index in [1.807, 2.05) is 37.3 Å². The first kappa shape index (κ1) is 24.0. The van der Waals surface area contributed by atoms with Crippen LogP contribution < -0.4 is 4.74 Å². The Labute approximate surface area is 211 Å². The molecule has 0 aromatic heterocycles. The number of carbonyl (C=O) groups is 2. The monoisotopic (exact) mass is 494 g/mol. The standard InChI is InChI=1S/C29H34O7/c1-27-11-10-18(31)12-17(27)6-9-20-21-13-24-29(23(33)15-30,28(21,2)14-22(32)25(20)27)36-26(35-24)16-4-7-19(34-3)8-5-16/h4-5,7-8,10-12,20-22,24-26,30,32H,6,9,13-15H2,1-3H3/t20-,21-,22-,24+,25+,26+,27-,28-,29+/m0/s1. The van der Waals surface area contributed by atoms with Crippen LogP contribution in [0, 0.1) is 28.6 Å². The molecule has 7 nitrogen and oxygen atoms in total. The smallest absolute Gasteiger partial charge is 0.193 e. The van der Waals surface area contributed by atoms with Crippen molar-refractivity contribution in [1.29, 1.82) is 0 Å². The number of ketones is 2. The maximum absolute atomic E-state index is 13.5. The van der Waals surface area contributed by atoms with E-state index in [1.165, 1.54) is 0 Å². The second-order valence-electron chi connectivity index (χ2n) is 11.6. The van der Waals surface area contributed by atoms with Crippen LogP contribution in [0.3, 0.4) is 0 Å². The Hall–Kier alpha value is -2.32. The molecule has 3 saturated carbocycles. The van der Waals surface area contributed by atoms with Crippen molar-refractivity contribution < 1.29 is 34.0 Å². The first-order chi connectivity index (χ1) is 17.2. The van der Waals surface area contributed by atoms with Crippen LogP contribution in [0.5, 0.6) is 5.75 Å². The molecule has 0 radical (unpaired) electrons. The number of hydrogen-bond acceptors (Lipinski definition) is 7. The molecule has 9 atom stereocenters. The van der Waals surface area contributed by atoms with E-state index in [-0.39, 0.29) is 29.3 Å². The summed E-state index contributed by atoms with van der Waals surface area (Å²) in [6.45, 7) is 3.52. The average molecular weight is 495 g/mol. The van der Waals surface area contributed by atoms with Gasteiger partial charge in [-0.15, -0.1) is 0 Å². The van der Waals surface area contributed by atoms with E-state index in [2.05, 4.69) is 6.92 Å². The number of Topliss-reactive ketones (excluding diaryl/α,β-unsaturated/α-hetero) is 1. The van der Waals surface area contributed by atoms with Crippen molar-refractivity contribution >= 4 is 11.6 Å². The highest BCUT2D eigenvalue weighted by atomic mass is 16.7. The second-order valence-corrected chi connectivity index (χ2v) is 11.6. The topological polar surface area (TPSA) is 102 Å². The van der Waals surface area contributed by atoms with E-state index < -0.39 is 41.5 Å². The van der Waals surface area contributed by atoms with Crippen molar-refractivity contribution in [2.75, 3.05) is 13.7 Å². The fourth-order valence-electron chi connectivity index (χ4n) is 8.60. The molecule has 36 heavy (non-hydrogen) atoms. The van der Waals surface area contributed by atoms with Crippen LogP contribution in [-0.4, -0.2) is 53.3 Å². The number of allylic oxidation sites excluding steroid dienone is 4. The van der Waals surface area contributed by atoms with Gasteiger partial charge in [0.05, 0.1) is 19.3 Å². The van der Waals surface area contributed by atoms with Gasteiger partial charge < -0.3 is 24.4 Å². The predicted molar refractivity (Wildman–Crippen MR) is 130 cm³/mol. The van der Waals surface area contributed by atoms with E-state index in [4.69, 9.17) is 14.2 Å². The maximum Gasteiger partial charge on any atom is 0.193 e. The minimum atomic E-state index is -1.33. The molecule has 0 amide bonds. The summed E-state index contributed by atoms with van der Waals surface area (Å²) in [5.41, 5.74) is -0.563. The molecule has 4 aliphatic carbocycles. The van der Waals surface area contributed by atoms with Gasteiger partial charge in [-0.2, -0.15) is 0 Å². The molecular formula is C29H34O7. The number of aliphatic hydroxyl groups excluding tert-OH is 2. The summed E-state index contributed by atoms with van der Waals surface area (Å²) in [4.78, 5) is 25.6. The van der Waals surface area contributed by atoms with Crippen LogP contribution in [0.25, 0.3) is 0 Å². The molecule has 1 aromatic carbocycles. The summed E-state index contributed by atoms with van der Waals surface area (Å²) in [5.74, 6) is 0.490. The molecule has 7 heteroatoms. The molecule has 0 bridgehead atoms. The summed E-state index contributed by atoms with van der Waals surface area (Å²) in [5, 5.41) is 21.8. The van der Waals surface area contributed by atoms with Crippen molar-refractivity contribution in [3.63, 3.8) is 0 Å². The number of benzene rings is 1. The van der Waals surface area contributed by atoms with Gasteiger partial charge in [-0.25, -0.2) is 0 Å². The van der Waals surface area contributed by atoms with Crippen LogP contribution in [-0.2, 0) is 19.1 Å². The molecular weight excluding hydrogens is 460 g/mol. The molecule has 0 spiro atoms. The number of hydrogen-bond donors (Lipinski definition) is 2. The zero-order valence-corrected chi connectivity index (χ0v) is 21.0. The van der Waals surface area contributed by atoms with Crippen LogP contribution in [0.1, 0.15) is 51.4 Å². The van der Waals surface area contributed by atoms with Gasteiger partial charge in [-0.05, 0) is 61.8 Å². The van der Waals surface area contributed by atoms with Crippen molar-refractivity contribution in [3.05, 3.63) is 53.6 Å². The van der Waals surface area contributed by atoms with Crippen LogP contribution in [0.15, 0.2) is 48.1 Å². The predicted octanol–water partition coefficient (Wildman–Crippen LogP) is 3.30. The lowest BCUT2D eigenvalue weighted by molar-refractivity contribution is -0.201. The van der Waals surface area contributed by atoms with E-state index >= 15 is 0 Å². The summed E-state index contributed by atoms with van der Waals surface area (Å²) < 4.78 is 18.3. The van der Waals surface area contributed by atoms with Crippen LogP contribution >= 0.6 is 0 Å². The van der Waals surface area contributed by atoms with E-state index in [0.717, 1.165) is 24.0 Å². The van der Waals surface area contributed by atoms with Crippen LogP contribution in [0.4, 0.5) is 0 Å². The van der Waals surface area contributed by atoms with E-state index in [9.17, 15) is 19.8 Å². The zero-order valence-electron chi connectivity index (χ0n) is 21.0. The van der Waals surface area contributed by atoms with Gasteiger partial charge in [0, 0.05) is 22.3 Å². The molecule has 4 fully saturated rings. The minimum absolute atomic E-state index is 0.00494. The fourth-order valence-corrected chi connectivity index (χ4v) is 8.60. The number of fused-ring (bicyclic) bond motifs is 7. The molecule has 1 aliphatic heterocycles. The Balaban J connectivity index is 1.38. The quantitative estimate of drug-likeness (QED) is 0.662. The van der Waals surface area contributed by atoms with Crippen molar-refractivity contribution in [2.24, 2.45) is 28.6 Å². The Bertz CT molecular complexity index is 1150. The van der Waals surface area contributed by atoms with Crippen molar-refractivity contribution in [3.8, 4) is 5.75 Å². The van der Waals surface area contributed by atoms with E-state index in [0.29, 0.717) is 18.6 Å². The Morgan fingerprint density at radius 2 is 1.97 bits per heavy atom. The second kappa shape index (κ2) is 8.09. The largest absolute Gasteiger partial charge is 0.497 e. The molecule has 1 saturated heterocycles. The Morgan fingerprint density at radius 1 is 1.22 bits per heavy atom. The molecule has 2 N–H and O–H groups in total. The third kappa shape index (κ3) is 3.00. The lowest BCUT2D eigenvalue weighted by Gasteiger charge is -2.59.